The second-order valence-corrected chi connectivity index (χ2v) is 12.5. The maximum atomic E-state index is 13.3. The van der Waals surface area contributed by atoms with Crippen LogP contribution in [0.5, 0.6) is 0 Å². The molecule has 2 amide bonds. The molecule has 0 saturated carbocycles. The number of thiophene rings is 2. The van der Waals surface area contributed by atoms with Crippen LogP contribution in [0, 0.1) is 0 Å². The zero-order valence-corrected chi connectivity index (χ0v) is 24.6. The summed E-state index contributed by atoms with van der Waals surface area (Å²) in [6.45, 7) is 4.52. The van der Waals surface area contributed by atoms with E-state index < -0.39 is 11.2 Å². The maximum absolute atomic E-state index is 13.3. The van der Waals surface area contributed by atoms with Crippen molar-refractivity contribution >= 4 is 57.2 Å². The summed E-state index contributed by atoms with van der Waals surface area (Å²) in [5.74, 6) is -0.221. The third-order valence-corrected chi connectivity index (χ3v) is 9.57. The fraction of sp³-hybridized carbons (Fsp3) is 0.321. The van der Waals surface area contributed by atoms with Gasteiger partial charge in [-0.05, 0) is 55.7 Å². The van der Waals surface area contributed by atoms with Crippen molar-refractivity contribution in [2.24, 2.45) is 0 Å². The van der Waals surface area contributed by atoms with Crippen molar-refractivity contribution in [3.8, 4) is 0 Å². The summed E-state index contributed by atoms with van der Waals surface area (Å²) < 4.78 is 7.21. The number of anilines is 1. The van der Waals surface area contributed by atoms with Gasteiger partial charge in [0.25, 0.3) is 5.91 Å². The monoisotopic (exact) mass is 595 g/mol. The van der Waals surface area contributed by atoms with Crippen LogP contribution in [-0.4, -0.2) is 44.4 Å². The standard InChI is InChI=1S/C28H29N5O4S3/c1-3-37-27(36)23-19-11-7-12-20(19)40-26(23)30-24(34)17(2)39-28-32-31-22(15-29-25(35)21-13-8-14-38-21)33(28)16-18-9-5-4-6-10-18/h4-6,8-10,13-14,17H,3,7,11-12,15-16H2,1-2H3,(H,29,35)(H,30,34). The number of benzene rings is 1. The van der Waals surface area contributed by atoms with E-state index in [1.807, 2.05) is 46.3 Å². The second-order valence-electron chi connectivity index (χ2n) is 9.16. The minimum Gasteiger partial charge on any atom is -0.462 e. The Bertz CT molecular complexity index is 1500. The van der Waals surface area contributed by atoms with E-state index in [-0.39, 0.29) is 25.0 Å². The summed E-state index contributed by atoms with van der Waals surface area (Å²) in [7, 11) is 0. The molecule has 0 aliphatic heterocycles. The number of carbonyl (C=O) groups is 3. The molecule has 1 atom stereocenters. The van der Waals surface area contributed by atoms with Crippen LogP contribution in [0.4, 0.5) is 5.00 Å². The number of hydrogen-bond acceptors (Lipinski definition) is 9. The number of nitrogens with one attached hydrogen (secondary N) is 2. The number of aromatic nitrogens is 3. The van der Waals surface area contributed by atoms with Gasteiger partial charge in [0.05, 0.1) is 35.4 Å². The van der Waals surface area contributed by atoms with Gasteiger partial charge in [-0.2, -0.15) is 0 Å². The highest BCUT2D eigenvalue weighted by molar-refractivity contribution is 8.00. The van der Waals surface area contributed by atoms with Crippen LogP contribution in [0.15, 0.2) is 53.0 Å². The van der Waals surface area contributed by atoms with Gasteiger partial charge in [0.2, 0.25) is 5.91 Å². The van der Waals surface area contributed by atoms with Gasteiger partial charge in [-0.3, -0.25) is 9.59 Å². The molecule has 40 heavy (non-hydrogen) atoms. The van der Waals surface area contributed by atoms with Crippen molar-refractivity contribution in [3.63, 3.8) is 0 Å². The number of fused-ring (bicyclic) bond motifs is 1. The Labute approximate surface area is 244 Å². The summed E-state index contributed by atoms with van der Waals surface area (Å²) >= 11 is 4.11. The highest BCUT2D eigenvalue weighted by Gasteiger charge is 2.30. The lowest BCUT2D eigenvalue weighted by atomic mass is 10.1. The normalized spacial score (nSPS) is 13.1. The molecular weight excluding hydrogens is 567 g/mol. The fourth-order valence-electron chi connectivity index (χ4n) is 4.45. The van der Waals surface area contributed by atoms with Gasteiger partial charge in [0, 0.05) is 4.88 Å². The van der Waals surface area contributed by atoms with E-state index in [1.165, 1.54) is 34.4 Å². The van der Waals surface area contributed by atoms with Crippen molar-refractivity contribution in [1.29, 1.82) is 0 Å². The Morgan fingerprint density at radius 3 is 2.70 bits per heavy atom. The molecule has 5 rings (SSSR count). The maximum Gasteiger partial charge on any atom is 0.341 e. The predicted octanol–water partition coefficient (Wildman–Crippen LogP) is 5.16. The number of esters is 1. The van der Waals surface area contributed by atoms with Crippen LogP contribution in [0.1, 0.15) is 62.1 Å². The molecule has 4 aromatic rings. The van der Waals surface area contributed by atoms with Gasteiger partial charge in [0.1, 0.15) is 5.00 Å². The molecule has 0 bridgehead atoms. The lowest BCUT2D eigenvalue weighted by Crippen LogP contribution is -2.25. The van der Waals surface area contributed by atoms with Crippen molar-refractivity contribution < 1.29 is 19.1 Å². The van der Waals surface area contributed by atoms with Gasteiger partial charge in [0.15, 0.2) is 11.0 Å². The minimum atomic E-state index is -0.528. The topological polar surface area (TPSA) is 115 Å². The summed E-state index contributed by atoms with van der Waals surface area (Å²) in [4.78, 5) is 40.3. The van der Waals surface area contributed by atoms with Crippen LogP contribution in [0.25, 0.3) is 0 Å². The average Bonchev–Trinajstić information content (AvgIpc) is 3.74. The summed E-state index contributed by atoms with van der Waals surface area (Å²) in [5, 5.41) is 17.0. The molecule has 0 saturated heterocycles. The number of amides is 2. The van der Waals surface area contributed by atoms with Gasteiger partial charge >= 0.3 is 5.97 Å². The largest absolute Gasteiger partial charge is 0.462 e. The molecule has 9 nitrogen and oxygen atoms in total. The van der Waals surface area contributed by atoms with Gasteiger partial charge < -0.3 is 19.9 Å². The Balaban J connectivity index is 1.33. The highest BCUT2D eigenvalue weighted by atomic mass is 32.2. The van der Waals surface area contributed by atoms with Crippen molar-refractivity contribution in [3.05, 3.63) is 80.1 Å². The van der Waals surface area contributed by atoms with Crippen molar-refractivity contribution in [2.45, 2.75) is 56.6 Å². The third-order valence-electron chi connectivity index (χ3n) is 6.42. The van der Waals surface area contributed by atoms with E-state index in [0.717, 1.165) is 35.3 Å². The van der Waals surface area contributed by atoms with Gasteiger partial charge in [-0.25, -0.2) is 4.79 Å². The first-order chi connectivity index (χ1) is 19.4. The van der Waals surface area contributed by atoms with Gasteiger partial charge in [-0.1, -0.05) is 48.2 Å². The average molecular weight is 596 g/mol. The first-order valence-electron chi connectivity index (χ1n) is 13.0. The van der Waals surface area contributed by atoms with Crippen molar-refractivity contribution in [2.75, 3.05) is 11.9 Å². The Hall–Kier alpha value is -3.48. The number of carbonyl (C=O) groups excluding carboxylic acids is 3. The summed E-state index contributed by atoms with van der Waals surface area (Å²) in [6, 6.07) is 13.5. The molecule has 2 N–H and O–H groups in total. The fourth-order valence-corrected chi connectivity index (χ4v) is 7.24. The molecule has 208 valence electrons. The molecular formula is C28H29N5O4S3. The quantitative estimate of drug-likeness (QED) is 0.182. The Morgan fingerprint density at radius 2 is 1.95 bits per heavy atom. The number of hydrogen-bond donors (Lipinski definition) is 2. The van der Waals surface area contributed by atoms with Gasteiger partial charge in [-0.15, -0.1) is 32.9 Å². The molecule has 0 radical (unpaired) electrons. The number of rotatable bonds is 11. The first kappa shape index (κ1) is 28.1. The summed E-state index contributed by atoms with van der Waals surface area (Å²) in [6.07, 6.45) is 2.72. The van der Waals surface area contributed by atoms with Crippen LogP contribution in [0.2, 0.25) is 0 Å². The first-order valence-corrected chi connectivity index (χ1v) is 15.6. The van der Waals surface area contributed by atoms with E-state index >= 15 is 0 Å². The van der Waals surface area contributed by atoms with E-state index in [0.29, 0.717) is 33.0 Å². The molecule has 1 unspecified atom stereocenters. The summed E-state index contributed by atoms with van der Waals surface area (Å²) in [5.41, 5.74) is 2.52. The number of aryl methyl sites for hydroxylation is 1. The van der Waals surface area contributed by atoms with Crippen LogP contribution < -0.4 is 10.6 Å². The smallest absolute Gasteiger partial charge is 0.341 e. The Kier molecular flexibility index (Phi) is 8.98. The predicted molar refractivity (Wildman–Crippen MR) is 157 cm³/mol. The van der Waals surface area contributed by atoms with E-state index in [2.05, 4.69) is 20.8 Å². The molecule has 0 spiro atoms. The molecule has 1 aliphatic carbocycles. The lowest BCUT2D eigenvalue weighted by Gasteiger charge is -2.14. The molecule has 1 aromatic carbocycles. The van der Waals surface area contributed by atoms with Crippen LogP contribution in [0.3, 0.4) is 0 Å². The van der Waals surface area contributed by atoms with E-state index in [4.69, 9.17) is 4.74 Å². The minimum absolute atomic E-state index is 0.175. The third kappa shape index (κ3) is 6.29. The number of nitrogens with zero attached hydrogens (tertiary/aromatic N) is 3. The molecule has 0 fully saturated rings. The molecule has 3 heterocycles. The SMILES string of the molecule is CCOC(=O)c1c(NC(=O)C(C)Sc2nnc(CNC(=O)c3cccs3)n2Cc2ccccc2)sc2c1CCC2. The van der Waals surface area contributed by atoms with Crippen LogP contribution in [-0.2, 0) is 35.5 Å². The molecule has 1 aliphatic rings. The second kappa shape index (κ2) is 12.8. The number of thioether (sulfide) groups is 1. The van der Waals surface area contributed by atoms with Crippen LogP contribution >= 0.6 is 34.4 Å². The molecule has 3 aromatic heterocycles. The Morgan fingerprint density at radius 1 is 1.12 bits per heavy atom. The van der Waals surface area contributed by atoms with E-state index in [9.17, 15) is 14.4 Å². The van der Waals surface area contributed by atoms with Crippen molar-refractivity contribution in [1.82, 2.24) is 20.1 Å². The zero-order valence-electron chi connectivity index (χ0n) is 22.1. The van der Waals surface area contributed by atoms with E-state index in [1.54, 1.807) is 19.9 Å². The lowest BCUT2D eigenvalue weighted by molar-refractivity contribution is -0.115. The number of ether oxygens (including phenoxy) is 1. The highest BCUT2D eigenvalue weighted by Crippen LogP contribution is 2.40. The zero-order chi connectivity index (χ0) is 28.1. The molecule has 12 heteroatoms.